The molecule has 4 N–H and O–H groups in total. The number of carbonyl (C=O) groups excluding carboxylic acids is 1. The number of fused-ring (bicyclic) bond motifs is 1. The van der Waals surface area contributed by atoms with E-state index < -0.39 is 0 Å². The zero-order valence-electron chi connectivity index (χ0n) is 15.7. The number of benzene rings is 2. The Morgan fingerprint density at radius 3 is 2.78 bits per heavy atom. The molecule has 3 aromatic rings. The molecule has 0 aliphatic rings. The molecule has 1 amide bonds. The molecule has 0 unspecified atom stereocenters. The maximum atomic E-state index is 11.7. The third kappa shape index (κ3) is 4.67. The van der Waals surface area contributed by atoms with Crippen LogP contribution in [0.1, 0.15) is 21.5 Å². The number of hydrogen-bond donors (Lipinski definition) is 4. The van der Waals surface area contributed by atoms with Gasteiger partial charge in [0, 0.05) is 49.8 Å². The fourth-order valence-electron chi connectivity index (χ4n) is 3.03. The van der Waals surface area contributed by atoms with E-state index >= 15 is 0 Å². The van der Waals surface area contributed by atoms with Crippen LogP contribution in [-0.2, 0) is 13.0 Å². The Bertz CT molecular complexity index is 944. The molecule has 27 heavy (non-hydrogen) atoms. The van der Waals surface area contributed by atoms with E-state index in [0.29, 0.717) is 12.1 Å². The van der Waals surface area contributed by atoms with Gasteiger partial charge in [-0.3, -0.25) is 9.79 Å². The van der Waals surface area contributed by atoms with Crippen LogP contribution in [0.5, 0.6) is 0 Å². The minimum atomic E-state index is -0.0851. The van der Waals surface area contributed by atoms with E-state index in [4.69, 9.17) is 0 Å². The third-order valence-electron chi connectivity index (χ3n) is 4.46. The number of rotatable bonds is 6. The zero-order valence-corrected chi connectivity index (χ0v) is 15.7. The van der Waals surface area contributed by atoms with Crippen molar-refractivity contribution in [2.75, 3.05) is 20.6 Å². The molecule has 1 aromatic heterocycles. The number of carbonyl (C=O) groups is 1. The number of aromatic amines is 1. The van der Waals surface area contributed by atoms with Gasteiger partial charge in [-0.15, -0.1) is 0 Å². The van der Waals surface area contributed by atoms with Crippen molar-refractivity contribution < 1.29 is 4.79 Å². The number of aliphatic imine (C=N–C) groups is 1. The van der Waals surface area contributed by atoms with Crippen molar-refractivity contribution in [3.05, 3.63) is 71.4 Å². The number of hydrogen-bond acceptors (Lipinski definition) is 2. The normalized spacial score (nSPS) is 11.4. The van der Waals surface area contributed by atoms with Crippen LogP contribution in [0.3, 0.4) is 0 Å². The van der Waals surface area contributed by atoms with Crippen molar-refractivity contribution in [1.29, 1.82) is 0 Å². The van der Waals surface area contributed by atoms with Gasteiger partial charge in [-0.1, -0.05) is 30.3 Å². The second-order valence-corrected chi connectivity index (χ2v) is 6.24. The van der Waals surface area contributed by atoms with Gasteiger partial charge < -0.3 is 20.9 Å². The number of aromatic nitrogens is 1. The van der Waals surface area contributed by atoms with Crippen molar-refractivity contribution in [2.24, 2.45) is 4.99 Å². The van der Waals surface area contributed by atoms with Gasteiger partial charge in [-0.05, 0) is 35.7 Å². The summed E-state index contributed by atoms with van der Waals surface area (Å²) in [5.41, 5.74) is 4.12. The van der Waals surface area contributed by atoms with E-state index in [0.717, 1.165) is 30.0 Å². The Hall–Kier alpha value is -3.28. The summed E-state index contributed by atoms with van der Waals surface area (Å²) in [6.07, 6.45) is 2.96. The van der Waals surface area contributed by atoms with Gasteiger partial charge >= 0.3 is 0 Å². The number of amides is 1. The Kier molecular flexibility index (Phi) is 6.10. The van der Waals surface area contributed by atoms with Crippen LogP contribution in [0.2, 0.25) is 0 Å². The number of H-pyrrole nitrogens is 1. The SMILES string of the molecule is CN=C(NCCc1c[nH]c2ccccc12)NCc1cccc(C(=O)NC)c1. The van der Waals surface area contributed by atoms with Crippen LogP contribution in [0.15, 0.2) is 59.7 Å². The second kappa shape index (κ2) is 8.89. The van der Waals surface area contributed by atoms with Gasteiger partial charge in [-0.25, -0.2) is 0 Å². The zero-order chi connectivity index (χ0) is 19.1. The molecule has 6 heteroatoms. The topological polar surface area (TPSA) is 81.3 Å². The first-order valence-corrected chi connectivity index (χ1v) is 9.02. The minimum absolute atomic E-state index is 0.0851. The molecule has 0 saturated carbocycles. The van der Waals surface area contributed by atoms with Crippen molar-refractivity contribution in [2.45, 2.75) is 13.0 Å². The summed E-state index contributed by atoms with van der Waals surface area (Å²) in [7, 11) is 3.38. The van der Waals surface area contributed by atoms with Gasteiger partial charge in [0.1, 0.15) is 0 Å². The molecular weight excluding hydrogens is 338 g/mol. The second-order valence-electron chi connectivity index (χ2n) is 6.24. The van der Waals surface area contributed by atoms with Gasteiger partial charge in [0.25, 0.3) is 5.91 Å². The first-order valence-electron chi connectivity index (χ1n) is 9.02. The molecule has 3 rings (SSSR count). The predicted molar refractivity (Wildman–Crippen MR) is 110 cm³/mol. The summed E-state index contributed by atoms with van der Waals surface area (Å²) in [5.74, 6) is 0.651. The molecule has 0 aliphatic heterocycles. The van der Waals surface area contributed by atoms with Crippen molar-refractivity contribution in [1.82, 2.24) is 20.9 Å². The number of guanidine groups is 1. The van der Waals surface area contributed by atoms with Crippen LogP contribution < -0.4 is 16.0 Å². The van der Waals surface area contributed by atoms with E-state index in [1.165, 1.54) is 10.9 Å². The summed E-state index contributed by atoms with van der Waals surface area (Å²) in [6.45, 7) is 1.37. The molecule has 6 nitrogen and oxygen atoms in total. The first-order chi connectivity index (χ1) is 13.2. The molecule has 0 atom stereocenters. The van der Waals surface area contributed by atoms with E-state index in [1.807, 2.05) is 24.3 Å². The fourth-order valence-corrected chi connectivity index (χ4v) is 3.03. The highest BCUT2D eigenvalue weighted by molar-refractivity contribution is 5.94. The smallest absolute Gasteiger partial charge is 0.251 e. The van der Waals surface area contributed by atoms with Crippen LogP contribution >= 0.6 is 0 Å². The highest BCUT2D eigenvalue weighted by Crippen LogP contribution is 2.17. The molecule has 0 spiro atoms. The summed E-state index contributed by atoms with van der Waals surface area (Å²) in [4.78, 5) is 19.3. The van der Waals surface area contributed by atoms with E-state index in [2.05, 4.69) is 50.3 Å². The lowest BCUT2D eigenvalue weighted by Gasteiger charge is -2.12. The van der Waals surface area contributed by atoms with E-state index in [-0.39, 0.29) is 5.91 Å². The third-order valence-corrected chi connectivity index (χ3v) is 4.46. The first kappa shape index (κ1) is 18.5. The molecule has 0 radical (unpaired) electrons. The minimum Gasteiger partial charge on any atom is -0.361 e. The van der Waals surface area contributed by atoms with Crippen molar-refractivity contribution in [3.8, 4) is 0 Å². The average molecular weight is 363 g/mol. The van der Waals surface area contributed by atoms with Crippen LogP contribution in [0, 0.1) is 0 Å². The maximum absolute atomic E-state index is 11.7. The maximum Gasteiger partial charge on any atom is 0.251 e. The Balaban J connectivity index is 1.52. The summed E-state index contributed by atoms with van der Waals surface area (Å²) in [5, 5.41) is 10.5. The number of nitrogens with zero attached hydrogens (tertiary/aromatic N) is 1. The monoisotopic (exact) mass is 363 g/mol. The Labute approximate surface area is 159 Å². The molecular formula is C21H25N5O. The molecule has 140 valence electrons. The van der Waals surface area contributed by atoms with Crippen molar-refractivity contribution in [3.63, 3.8) is 0 Å². The van der Waals surface area contributed by atoms with Gasteiger partial charge in [0.15, 0.2) is 5.96 Å². The lowest BCUT2D eigenvalue weighted by molar-refractivity contribution is 0.0963. The number of nitrogens with one attached hydrogen (secondary N) is 4. The summed E-state index contributed by atoms with van der Waals surface area (Å²) < 4.78 is 0. The molecule has 0 fully saturated rings. The largest absolute Gasteiger partial charge is 0.361 e. The molecule has 0 aliphatic carbocycles. The summed E-state index contributed by atoms with van der Waals surface area (Å²) >= 11 is 0. The van der Waals surface area contributed by atoms with E-state index in [9.17, 15) is 4.79 Å². The molecule has 0 saturated heterocycles. The summed E-state index contributed by atoms with van der Waals surface area (Å²) in [6, 6.07) is 15.9. The van der Waals surface area contributed by atoms with Crippen LogP contribution in [0.25, 0.3) is 10.9 Å². The van der Waals surface area contributed by atoms with Crippen LogP contribution in [-0.4, -0.2) is 37.5 Å². The van der Waals surface area contributed by atoms with Crippen molar-refractivity contribution >= 4 is 22.8 Å². The van der Waals surface area contributed by atoms with Gasteiger partial charge in [0.05, 0.1) is 0 Å². The molecule has 2 aromatic carbocycles. The highest BCUT2D eigenvalue weighted by Gasteiger charge is 2.05. The quantitative estimate of drug-likeness (QED) is 0.401. The molecule has 1 heterocycles. The Morgan fingerprint density at radius 1 is 1.11 bits per heavy atom. The molecule has 0 bridgehead atoms. The number of para-hydroxylation sites is 1. The predicted octanol–water partition coefficient (Wildman–Crippen LogP) is 2.44. The fraction of sp³-hybridized carbons (Fsp3) is 0.238. The average Bonchev–Trinajstić information content (AvgIpc) is 3.13. The lowest BCUT2D eigenvalue weighted by atomic mass is 10.1. The van der Waals surface area contributed by atoms with Gasteiger partial charge in [0.2, 0.25) is 0 Å². The Morgan fingerprint density at radius 2 is 1.96 bits per heavy atom. The van der Waals surface area contributed by atoms with E-state index in [1.54, 1.807) is 20.2 Å². The lowest BCUT2D eigenvalue weighted by Crippen LogP contribution is -2.37. The standard InChI is InChI=1S/C21H25N5O/c1-22-20(27)16-7-5-6-15(12-16)13-26-21(23-2)24-11-10-17-14-25-19-9-4-3-8-18(17)19/h3-9,12,14,25H,10-11,13H2,1-2H3,(H,22,27)(H2,23,24,26). The highest BCUT2D eigenvalue weighted by atomic mass is 16.1. The van der Waals surface area contributed by atoms with Crippen LogP contribution in [0.4, 0.5) is 0 Å². The van der Waals surface area contributed by atoms with Gasteiger partial charge in [-0.2, -0.15) is 0 Å².